The predicted octanol–water partition coefficient (Wildman–Crippen LogP) is 7.48. The maximum absolute atomic E-state index is 4.77. The molecule has 0 saturated carbocycles. The SMILES string of the molecule is Cc1cccc(C)c1[N]=[Mo+2]=[CH]C(C)(C)C.c1cc[n-]c1.c1cc[n-]c1.c1ccc(-c2ccccn2)nc1. The maximum Gasteiger partial charge on any atom is 0.0886 e. The Labute approximate surface area is 229 Å². The van der Waals surface area contributed by atoms with Gasteiger partial charge in [0.25, 0.3) is 0 Å². The van der Waals surface area contributed by atoms with E-state index in [9.17, 15) is 0 Å². The van der Waals surface area contributed by atoms with E-state index in [2.05, 4.69) is 77.2 Å². The molecule has 1 aromatic carbocycles. The van der Waals surface area contributed by atoms with Gasteiger partial charge >= 0.3 is 101 Å². The number of benzene rings is 1. The van der Waals surface area contributed by atoms with Gasteiger partial charge in [-0.15, -0.1) is 0 Å². The molecule has 6 heteroatoms. The number of hydrogen-bond acceptors (Lipinski definition) is 3. The largest absolute Gasteiger partial charge is 0.670 e. The Kier molecular flexibility index (Phi) is 13.6. The summed E-state index contributed by atoms with van der Waals surface area (Å²) in [6, 6.07) is 25.5. The van der Waals surface area contributed by atoms with E-state index in [1.807, 2.05) is 60.7 Å². The van der Waals surface area contributed by atoms with Crippen molar-refractivity contribution in [2.75, 3.05) is 0 Å². The first-order valence-corrected chi connectivity index (χ1v) is 14.1. The van der Waals surface area contributed by atoms with Gasteiger partial charge in [-0.25, -0.2) is 0 Å². The summed E-state index contributed by atoms with van der Waals surface area (Å²) in [7, 11) is 0. The number of pyridine rings is 2. The van der Waals surface area contributed by atoms with Crippen molar-refractivity contribution in [3.05, 3.63) is 127 Å². The van der Waals surface area contributed by atoms with Crippen molar-refractivity contribution in [3.8, 4) is 11.4 Å². The topological polar surface area (TPSA) is 66.3 Å². The predicted molar refractivity (Wildman–Crippen MR) is 151 cm³/mol. The van der Waals surface area contributed by atoms with E-state index in [0.717, 1.165) is 11.4 Å². The van der Waals surface area contributed by atoms with Crippen molar-refractivity contribution >= 4 is 10.1 Å². The minimum atomic E-state index is -0.355. The van der Waals surface area contributed by atoms with Gasteiger partial charge in [0.2, 0.25) is 0 Å². The van der Waals surface area contributed by atoms with Gasteiger partial charge in [0, 0.05) is 12.4 Å². The zero-order valence-electron chi connectivity index (χ0n) is 22.2. The molecule has 4 aromatic heterocycles. The van der Waals surface area contributed by atoms with Gasteiger partial charge in [0.05, 0.1) is 11.4 Å². The summed E-state index contributed by atoms with van der Waals surface area (Å²) in [6.07, 6.45) is 10.5. The summed E-state index contributed by atoms with van der Waals surface area (Å²) in [5, 5.41) is 0. The van der Waals surface area contributed by atoms with Crippen LogP contribution in [0.3, 0.4) is 0 Å². The summed E-state index contributed by atoms with van der Waals surface area (Å²) in [5.41, 5.74) is 5.93. The van der Waals surface area contributed by atoms with Crippen molar-refractivity contribution in [1.29, 1.82) is 0 Å². The Hall–Kier alpha value is -3.56. The number of rotatable bonds is 2. The maximum atomic E-state index is 4.77. The van der Waals surface area contributed by atoms with Crippen LogP contribution in [0.4, 0.5) is 5.69 Å². The Morgan fingerprint density at radius 3 is 1.43 bits per heavy atom. The van der Waals surface area contributed by atoms with E-state index >= 15 is 0 Å². The van der Waals surface area contributed by atoms with Crippen LogP contribution < -0.4 is 9.97 Å². The first-order chi connectivity index (χ1) is 17.9. The molecule has 0 N–H and O–H groups in total. The van der Waals surface area contributed by atoms with Crippen LogP contribution in [-0.4, -0.2) is 14.4 Å². The molecule has 190 valence electrons. The summed E-state index contributed by atoms with van der Waals surface area (Å²) in [6.45, 7) is 11.0. The molecule has 0 bridgehead atoms. The summed E-state index contributed by atoms with van der Waals surface area (Å²) in [5.74, 6) is 0. The third kappa shape index (κ3) is 13.4. The van der Waals surface area contributed by atoms with Crippen LogP contribution in [0, 0.1) is 19.3 Å². The number of aromatic nitrogens is 4. The monoisotopic (exact) mass is 575 g/mol. The molecule has 0 spiro atoms. The third-order valence-corrected chi connectivity index (χ3v) is 7.20. The van der Waals surface area contributed by atoms with Gasteiger partial charge in [0.1, 0.15) is 0 Å². The van der Waals surface area contributed by atoms with Gasteiger partial charge in [-0.05, 0) is 24.3 Å². The van der Waals surface area contributed by atoms with Gasteiger partial charge in [0.15, 0.2) is 0 Å². The smallest absolute Gasteiger partial charge is 0.0886 e. The van der Waals surface area contributed by atoms with E-state index in [1.54, 1.807) is 37.2 Å². The Morgan fingerprint density at radius 2 is 1.11 bits per heavy atom. The average Bonchev–Trinajstić information content (AvgIpc) is 3.67. The quantitative estimate of drug-likeness (QED) is 0.205. The molecular weight excluding hydrogens is 538 g/mol. The fourth-order valence-corrected chi connectivity index (χ4v) is 4.59. The summed E-state index contributed by atoms with van der Waals surface area (Å²) in [4.78, 5) is 15.8. The van der Waals surface area contributed by atoms with Crippen LogP contribution in [-0.2, 0) is 17.9 Å². The number of aryl methyl sites for hydroxylation is 2. The molecule has 0 amide bonds. The average molecular weight is 574 g/mol. The third-order valence-electron chi connectivity index (χ3n) is 4.49. The van der Waals surface area contributed by atoms with Crippen LogP contribution in [0.2, 0.25) is 0 Å². The van der Waals surface area contributed by atoms with Crippen molar-refractivity contribution in [2.45, 2.75) is 34.6 Å². The van der Waals surface area contributed by atoms with Crippen molar-refractivity contribution in [2.24, 2.45) is 8.91 Å². The second kappa shape index (κ2) is 17.0. The molecule has 0 aliphatic rings. The van der Waals surface area contributed by atoms with E-state index in [1.165, 1.54) is 16.8 Å². The Morgan fingerprint density at radius 1 is 0.649 bits per heavy atom. The van der Waals surface area contributed by atoms with Crippen molar-refractivity contribution in [1.82, 2.24) is 19.9 Å². The van der Waals surface area contributed by atoms with Crippen LogP contribution in [0.5, 0.6) is 0 Å². The van der Waals surface area contributed by atoms with Crippen molar-refractivity contribution in [3.63, 3.8) is 0 Å². The molecule has 0 fully saturated rings. The summed E-state index contributed by atoms with van der Waals surface area (Å²) >= 11 is -0.355. The van der Waals surface area contributed by atoms with Crippen LogP contribution in [0.15, 0.2) is 120 Å². The zero-order chi connectivity index (χ0) is 26.8. The molecule has 5 nitrogen and oxygen atoms in total. The van der Waals surface area contributed by atoms with E-state index in [0.29, 0.717) is 5.41 Å². The normalized spacial score (nSPS) is 9.65. The molecular formula is C31H35MoN5. The van der Waals surface area contributed by atoms with Crippen molar-refractivity contribution < 1.29 is 17.9 Å². The molecule has 4 heterocycles. The molecule has 37 heavy (non-hydrogen) atoms. The van der Waals surface area contributed by atoms with E-state index in [4.69, 9.17) is 3.50 Å². The van der Waals surface area contributed by atoms with Crippen LogP contribution >= 0.6 is 0 Å². The first kappa shape index (κ1) is 29.7. The van der Waals surface area contributed by atoms with Gasteiger partial charge < -0.3 is 9.97 Å². The van der Waals surface area contributed by atoms with Gasteiger partial charge in [-0.2, -0.15) is 24.8 Å². The fourth-order valence-electron chi connectivity index (χ4n) is 2.71. The van der Waals surface area contributed by atoms with E-state index in [-0.39, 0.29) is 17.9 Å². The Bertz CT molecular complexity index is 1170. The molecule has 5 rings (SSSR count). The number of nitrogens with zero attached hydrogens (tertiary/aromatic N) is 5. The molecule has 0 aliphatic carbocycles. The molecule has 0 unspecified atom stereocenters. The van der Waals surface area contributed by atoms with E-state index < -0.39 is 0 Å². The van der Waals surface area contributed by atoms with Crippen LogP contribution in [0.1, 0.15) is 31.9 Å². The molecule has 0 radical (unpaired) electrons. The molecule has 0 saturated heterocycles. The first-order valence-electron chi connectivity index (χ1n) is 12.0. The summed E-state index contributed by atoms with van der Waals surface area (Å²) < 4.78 is 7.14. The van der Waals surface area contributed by atoms with Gasteiger partial charge in [-0.3, -0.25) is 9.97 Å². The van der Waals surface area contributed by atoms with Crippen LogP contribution in [0.25, 0.3) is 11.4 Å². The fraction of sp³-hybridized carbons (Fsp3) is 0.194. The number of hydrogen-bond donors (Lipinski definition) is 0. The van der Waals surface area contributed by atoms with Gasteiger partial charge in [-0.1, -0.05) is 36.4 Å². The Balaban J connectivity index is 0.000000192. The molecule has 0 aliphatic heterocycles. The minimum absolute atomic E-state index is 0.308. The second-order valence-corrected chi connectivity index (χ2v) is 10.6. The zero-order valence-corrected chi connectivity index (χ0v) is 24.2. The second-order valence-electron chi connectivity index (χ2n) is 9.02. The molecule has 5 aromatic rings. The molecule has 0 atom stereocenters. The standard InChI is InChI=1S/C10H8N2.C8H9N.C5H10.2C4H4N.Mo/c1-3-7-11-9(5-1)10-6-2-4-8-12-10;1-6-4-3-5-7(2)8(6)9;1-5(2,3)4;2*1-2-4-5-3-1;/h1-8H;3-5H,1-2H3;1H,2-4H3;2*1-4H;/q;;;2*-1;+2. The minimum Gasteiger partial charge on any atom is -0.670 e.